The minimum Gasteiger partial charge on any atom is -0.508 e. The van der Waals surface area contributed by atoms with E-state index in [0.29, 0.717) is 12.3 Å². The maximum absolute atomic E-state index is 9.66. The van der Waals surface area contributed by atoms with Crippen LogP contribution in [-0.2, 0) is 6.54 Å². The van der Waals surface area contributed by atoms with E-state index in [1.54, 1.807) is 6.07 Å². The molecule has 2 N–H and O–H groups in total. The van der Waals surface area contributed by atoms with Crippen molar-refractivity contribution in [2.75, 3.05) is 0 Å². The van der Waals surface area contributed by atoms with Gasteiger partial charge in [-0.1, -0.05) is 37.0 Å². The zero-order valence-corrected chi connectivity index (χ0v) is 9.96. The molecule has 0 radical (unpaired) electrons. The van der Waals surface area contributed by atoms with E-state index in [1.807, 2.05) is 19.1 Å². The molecule has 2 nitrogen and oxygen atoms in total. The fourth-order valence-electron chi connectivity index (χ4n) is 1.62. The van der Waals surface area contributed by atoms with Crippen LogP contribution in [0.15, 0.2) is 18.2 Å². The number of rotatable bonds is 5. The van der Waals surface area contributed by atoms with Crippen LogP contribution in [0.3, 0.4) is 0 Å². The number of phenolic OH excluding ortho intramolecular Hbond substituents is 1. The summed E-state index contributed by atoms with van der Waals surface area (Å²) >= 11 is 0. The molecule has 0 aliphatic carbocycles. The van der Waals surface area contributed by atoms with Gasteiger partial charge in [0.15, 0.2) is 0 Å². The molecule has 0 spiro atoms. The molecule has 86 valence electrons. The molecule has 1 aromatic carbocycles. The Labute approximate surface area is 97.7 Å². The zero-order chi connectivity index (χ0) is 12.0. The normalized spacial score (nSPS) is 12.1. The summed E-state index contributed by atoms with van der Waals surface area (Å²) in [5, 5.41) is 12.9. The number of benzene rings is 1. The Balaban J connectivity index is 2.60. The van der Waals surface area contributed by atoms with Crippen molar-refractivity contribution in [1.82, 2.24) is 5.32 Å². The first kappa shape index (κ1) is 12.6. The van der Waals surface area contributed by atoms with E-state index in [4.69, 9.17) is 6.42 Å². The van der Waals surface area contributed by atoms with Crippen LogP contribution >= 0.6 is 0 Å². The summed E-state index contributed by atoms with van der Waals surface area (Å²) in [5.41, 5.74) is 2.04. The fraction of sp³-hybridized carbons (Fsp3) is 0.429. The Kier molecular flexibility index (Phi) is 4.88. The topological polar surface area (TPSA) is 32.3 Å². The molecule has 0 saturated carbocycles. The van der Waals surface area contributed by atoms with Crippen LogP contribution in [-0.4, -0.2) is 11.1 Å². The fourth-order valence-corrected chi connectivity index (χ4v) is 1.62. The van der Waals surface area contributed by atoms with E-state index >= 15 is 0 Å². The molecule has 1 unspecified atom stereocenters. The predicted octanol–water partition coefficient (Wildman–Crippen LogP) is 2.59. The molecule has 16 heavy (non-hydrogen) atoms. The second kappa shape index (κ2) is 6.19. The number of aryl methyl sites for hydroxylation is 1. The number of hydrogen-bond acceptors (Lipinski definition) is 2. The Morgan fingerprint density at radius 2 is 2.25 bits per heavy atom. The van der Waals surface area contributed by atoms with Crippen molar-refractivity contribution in [2.24, 2.45) is 0 Å². The number of nitrogens with one attached hydrogen (secondary N) is 1. The van der Waals surface area contributed by atoms with Crippen molar-refractivity contribution in [2.45, 2.75) is 39.3 Å². The Hall–Kier alpha value is -1.46. The zero-order valence-electron chi connectivity index (χ0n) is 9.96. The van der Waals surface area contributed by atoms with Gasteiger partial charge in [-0.3, -0.25) is 5.32 Å². The third kappa shape index (κ3) is 3.60. The molecule has 1 rings (SSSR count). The molecule has 1 atom stereocenters. The summed E-state index contributed by atoms with van der Waals surface area (Å²) in [4.78, 5) is 0. The second-order valence-electron chi connectivity index (χ2n) is 4.02. The number of aromatic hydroxyl groups is 1. The van der Waals surface area contributed by atoms with Crippen LogP contribution in [0.1, 0.15) is 30.9 Å². The van der Waals surface area contributed by atoms with Gasteiger partial charge in [0.25, 0.3) is 0 Å². The van der Waals surface area contributed by atoms with Gasteiger partial charge in [-0.15, -0.1) is 6.42 Å². The van der Waals surface area contributed by atoms with Gasteiger partial charge in [-0.05, 0) is 19.4 Å². The van der Waals surface area contributed by atoms with Crippen LogP contribution in [0.25, 0.3) is 0 Å². The summed E-state index contributed by atoms with van der Waals surface area (Å²) in [5.74, 6) is 3.04. The molecule has 0 aliphatic rings. The Morgan fingerprint density at radius 3 is 2.88 bits per heavy atom. The van der Waals surface area contributed by atoms with E-state index in [2.05, 4.69) is 18.2 Å². The van der Waals surface area contributed by atoms with Crippen molar-refractivity contribution >= 4 is 0 Å². The lowest BCUT2D eigenvalue weighted by atomic mass is 10.1. The monoisotopic (exact) mass is 217 g/mol. The van der Waals surface area contributed by atoms with Crippen molar-refractivity contribution < 1.29 is 5.11 Å². The first-order valence-corrected chi connectivity index (χ1v) is 5.65. The van der Waals surface area contributed by atoms with E-state index in [9.17, 15) is 5.11 Å². The minimum absolute atomic E-state index is 0.0879. The number of terminal acetylenes is 1. The van der Waals surface area contributed by atoms with Crippen LogP contribution in [0, 0.1) is 19.3 Å². The van der Waals surface area contributed by atoms with Gasteiger partial charge in [0, 0.05) is 12.1 Å². The molecule has 0 saturated heterocycles. The maximum atomic E-state index is 9.66. The van der Waals surface area contributed by atoms with Gasteiger partial charge in [0.05, 0.1) is 6.04 Å². The highest BCUT2D eigenvalue weighted by molar-refractivity contribution is 5.35. The van der Waals surface area contributed by atoms with Gasteiger partial charge in [-0.2, -0.15) is 0 Å². The summed E-state index contributed by atoms with van der Waals surface area (Å²) in [7, 11) is 0. The van der Waals surface area contributed by atoms with Gasteiger partial charge in [-0.25, -0.2) is 0 Å². The lowest BCUT2D eigenvalue weighted by Crippen LogP contribution is -2.26. The van der Waals surface area contributed by atoms with Crippen LogP contribution in [0.4, 0.5) is 0 Å². The van der Waals surface area contributed by atoms with Crippen molar-refractivity contribution in [3.63, 3.8) is 0 Å². The van der Waals surface area contributed by atoms with Crippen LogP contribution in [0.2, 0.25) is 0 Å². The maximum Gasteiger partial charge on any atom is 0.120 e. The highest BCUT2D eigenvalue weighted by Gasteiger charge is 2.05. The first-order valence-electron chi connectivity index (χ1n) is 5.65. The molecule has 0 fully saturated rings. The van der Waals surface area contributed by atoms with Crippen LogP contribution in [0.5, 0.6) is 5.75 Å². The lowest BCUT2D eigenvalue weighted by Gasteiger charge is -2.13. The standard InChI is InChI=1S/C14H19NO/c1-4-6-13(5-2)15-10-12-9-11(3)7-8-14(12)16/h2,7-9,13,15-16H,4,6,10H2,1,3H3. The summed E-state index contributed by atoms with van der Waals surface area (Å²) < 4.78 is 0. The lowest BCUT2D eigenvalue weighted by molar-refractivity contribution is 0.460. The smallest absolute Gasteiger partial charge is 0.120 e. The van der Waals surface area contributed by atoms with Crippen molar-refractivity contribution in [1.29, 1.82) is 0 Å². The second-order valence-corrected chi connectivity index (χ2v) is 4.02. The van der Waals surface area contributed by atoms with Gasteiger partial charge in [0.1, 0.15) is 5.75 Å². The van der Waals surface area contributed by atoms with Crippen molar-refractivity contribution in [3.05, 3.63) is 29.3 Å². The van der Waals surface area contributed by atoms with E-state index < -0.39 is 0 Å². The molecule has 1 aromatic rings. The summed E-state index contributed by atoms with van der Waals surface area (Å²) in [6, 6.07) is 5.67. The Morgan fingerprint density at radius 1 is 1.50 bits per heavy atom. The number of hydrogen-bond donors (Lipinski definition) is 2. The van der Waals surface area contributed by atoms with E-state index in [0.717, 1.165) is 24.0 Å². The third-order valence-corrected chi connectivity index (χ3v) is 2.55. The predicted molar refractivity (Wildman–Crippen MR) is 67.2 cm³/mol. The summed E-state index contributed by atoms with van der Waals surface area (Å²) in [6.45, 7) is 4.73. The largest absolute Gasteiger partial charge is 0.508 e. The molecule has 0 aromatic heterocycles. The minimum atomic E-state index is 0.0879. The first-order chi connectivity index (χ1) is 7.67. The quantitative estimate of drug-likeness (QED) is 0.743. The molecule has 0 bridgehead atoms. The van der Waals surface area contributed by atoms with Gasteiger partial charge < -0.3 is 5.11 Å². The SMILES string of the molecule is C#CC(CCC)NCc1cc(C)ccc1O. The van der Waals surface area contributed by atoms with Gasteiger partial charge in [0.2, 0.25) is 0 Å². The highest BCUT2D eigenvalue weighted by Crippen LogP contribution is 2.18. The molecular weight excluding hydrogens is 198 g/mol. The average molecular weight is 217 g/mol. The van der Waals surface area contributed by atoms with Crippen molar-refractivity contribution in [3.8, 4) is 18.1 Å². The third-order valence-electron chi connectivity index (χ3n) is 2.55. The van der Waals surface area contributed by atoms with E-state index in [1.165, 1.54) is 0 Å². The number of phenols is 1. The molecule has 0 amide bonds. The van der Waals surface area contributed by atoms with Gasteiger partial charge >= 0.3 is 0 Å². The Bertz CT molecular complexity index is 379. The highest BCUT2D eigenvalue weighted by atomic mass is 16.3. The molecule has 0 aliphatic heterocycles. The van der Waals surface area contributed by atoms with Crippen LogP contribution < -0.4 is 5.32 Å². The van der Waals surface area contributed by atoms with E-state index in [-0.39, 0.29) is 6.04 Å². The summed E-state index contributed by atoms with van der Waals surface area (Å²) in [6.07, 6.45) is 7.43. The average Bonchev–Trinajstić information content (AvgIpc) is 2.28. The molecule has 0 heterocycles. The molecule has 2 heteroatoms. The molecular formula is C14H19NO.